The van der Waals surface area contributed by atoms with Gasteiger partial charge in [-0.25, -0.2) is 4.39 Å². The first-order valence-corrected chi connectivity index (χ1v) is 5.43. The monoisotopic (exact) mass is 272 g/mol. The first-order chi connectivity index (χ1) is 6.95. The third-order valence-electron chi connectivity index (χ3n) is 3.08. The molecule has 1 aliphatic carbocycles. The average Bonchev–Trinajstić information content (AvgIpc) is 2.78. The Morgan fingerprint density at radius 2 is 2.33 bits per heavy atom. The minimum Gasteiger partial charge on any atom is -0.481 e. The molecule has 1 fully saturated rings. The summed E-state index contributed by atoms with van der Waals surface area (Å²) in [6.07, 6.45) is 0.618. The molecular weight excluding hydrogens is 263 g/mol. The Bertz CT molecular complexity index is 433. The fourth-order valence-electron chi connectivity index (χ4n) is 1.98. The lowest BCUT2D eigenvalue weighted by Crippen LogP contribution is -2.11. The summed E-state index contributed by atoms with van der Waals surface area (Å²) < 4.78 is 13.5. The summed E-state index contributed by atoms with van der Waals surface area (Å²) in [6, 6.07) is 4.39. The van der Waals surface area contributed by atoms with Crippen LogP contribution in [0.3, 0.4) is 0 Å². The molecule has 0 spiro atoms. The van der Waals surface area contributed by atoms with Crippen LogP contribution in [0, 0.1) is 11.7 Å². The van der Waals surface area contributed by atoms with Crippen molar-refractivity contribution >= 4 is 21.9 Å². The Balaban J connectivity index is 2.36. The van der Waals surface area contributed by atoms with Crippen molar-refractivity contribution in [1.29, 1.82) is 0 Å². The second-order valence-electron chi connectivity index (χ2n) is 4.14. The summed E-state index contributed by atoms with van der Waals surface area (Å²) >= 11 is 3.27. The van der Waals surface area contributed by atoms with Crippen LogP contribution in [0.15, 0.2) is 22.7 Å². The summed E-state index contributed by atoms with van der Waals surface area (Å²) in [7, 11) is 0. The van der Waals surface area contributed by atoms with Crippen molar-refractivity contribution in [2.45, 2.75) is 18.8 Å². The molecule has 0 saturated heterocycles. The van der Waals surface area contributed by atoms with Crippen LogP contribution in [0.4, 0.5) is 4.39 Å². The summed E-state index contributed by atoms with van der Waals surface area (Å²) in [5.74, 6) is -1.45. The summed E-state index contributed by atoms with van der Waals surface area (Å²) in [5, 5.41) is 8.91. The summed E-state index contributed by atoms with van der Waals surface area (Å²) in [5.41, 5.74) is 0.523. The number of hydrogen-bond donors (Lipinski definition) is 1. The molecule has 1 aromatic rings. The highest BCUT2D eigenvalue weighted by Crippen LogP contribution is 2.55. The van der Waals surface area contributed by atoms with Gasteiger partial charge in [-0.2, -0.15) is 0 Å². The highest BCUT2D eigenvalue weighted by molar-refractivity contribution is 9.10. The standard InChI is InChI=1S/C11H10BrFO2/c1-11(5-8(11)10(14)15)7-3-2-6(13)4-9(7)12/h2-4,8H,5H2,1H3,(H,14,15). The van der Waals surface area contributed by atoms with Crippen LogP contribution in [0.25, 0.3) is 0 Å². The topological polar surface area (TPSA) is 37.3 Å². The van der Waals surface area contributed by atoms with Crippen molar-refractivity contribution in [2.24, 2.45) is 5.92 Å². The summed E-state index contributed by atoms with van der Waals surface area (Å²) in [6.45, 7) is 1.89. The second kappa shape index (κ2) is 3.30. The van der Waals surface area contributed by atoms with Gasteiger partial charge in [-0.15, -0.1) is 0 Å². The Hall–Kier alpha value is -0.900. The maximum Gasteiger partial charge on any atom is 0.307 e. The molecule has 0 heterocycles. The maximum absolute atomic E-state index is 12.9. The molecule has 0 amide bonds. The van der Waals surface area contributed by atoms with Crippen LogP contribution in [-0.4, -0.2) is 11.1 Å². The molecule has 2 atom stereocenters. The van der Waals surface area contributed by atoms with Gasteiger partial charge in [0, 0.05) is 9.89 Å². The van der Waals surface area contributed by atoms with E-state index in [-0.39, 0.29) is 17.2 Å². The van der Waals surface area contributed by atoms with E-state index in [9.17, 15) is 9.18 Å². The van der Waals surface area contributed by atoms with Crippen LogP contribution in [0.2, 0.25) is 0 Å². The van der Waals surface area contributed by atoms with Gasteiger partial charge in [-0.05, 0) is 24.1 Å². The molecule has 1 N–H and O–H groups in total. The normalized spacial score (nSPS) is 28.9. The van der Waals surface area contributed by atoms with E-state index in [0.717, 1.165) is 5.56 Å². The molecule has 2 rings (SSSR count). The first-order valence-electron chi connectivity index (χ1n) is 4.63. The highest BCUT2D eigenvalue weighted by Gasteiger charge is 2.56. The molecule has 2 unspecified atom stereocenters. The van der Waals surface area contributed by atoms with Gasteiger partial charge in [0.25, 0.3) is 0 Å². The number of carboxylic acid groups (broad SMARTS) is 1. The van der Waals surface area contributed by atoms with Crippen molar-refractivity contribution < 1.29 is 14.3 Å². The van der Waals surface area contributed by atoms with Crippen molar-refractivity contribution in [1.82, 2.24) is 0 Å². The number of aliphatic carboxylic acids is 1. The van der Waals surface area contributed by atoms with E-state index >= 15 is 0 Å². The zero-order chi connectivity index (χ0) is 11.2. The average molecular weight is 273 g/mol. The molecule has 0 aliphatic heterocycles. The lowest BCUT2D eigenvalue weighted by Gasteiger charge is -2.12. The van der Waals surface area contributed by atoms with Gasteiger partial charge in [0.1, 0.15) is 5.82 Å². The van der Waals surface area contributed by atoms with Gasteiger partial charge in [-0.1, -0.05) is 28.9 Å². The van der Waals surface area contributed by atoms with E-state index in [1.54, 1.807) is 6.07 Å². The zero-order valence-corrected chi connectivity index (χ0v) is 9.71. The zero-order valence-electron chi connectivity index (χ0n) is 8.13. The molecule has 2 nitrogen and oxygen atoms in total. The molecule has 1 saturated carbocycles. The van der Waals surface area contributed by atoms with Gasteiger partial charge in [0.05, 0.1) is 5.92 Å². The fourth-order valence-corrected chi connectivity index (χ4v) is 2.78. The van der Waals surface area contributed by atoms with Crippen molar-refractivity contribution in [3.63, 3.8) is 0 Å². The van der Waals surface area contributed by atoms with Crippen molar-refractivity contribution in [3.05, 3.63) is 34.1 Å². The maximum atomic E-state index is 12.9. The van der Waals surface area contributed by atoms with Crippen LogP contribution < -0.4 is 0 Å². The molecule has 80 valence electrons. The Kier molecular flexibility index (Phi) is 2.34. The fraction of sp³-hybridized carbons (Fsp3) is 0.364. The first kappa shape index (κ1) is 10.6. The van der Waals surface area contributed by atoms with Gasteiger partial charge < -0.3 is 5.11 Å². The SMILES string of the molecule is CC1(c2ccc(F)cc2Br)CC1C(=O)O. The quantitative estimate of drug-likeness (QED) is 0.899. The van der Waals surface area contributed by atoms with Crippen molar-refractivity contribution in [3.8, 4) is 0 Å². The number of carbonyl (C=O) groups is 1. The molecule has 0 bridgehead atoms. The Labute approximate surface area is 95.2 Å². The molecule has 15 heavy (non-hydrogen) atoms. The highest BCUT2D eigenvalue weighted by atomic mass is 79.9. The third-order valence-corrected chi connectivity index (χ3v) is 3.74. The number of rotatable bonds is 2. The molecule has 4 heteroatoms. The van der Waals surface area contributed by atoms with Crippen LogP contribution in [-0.2, 0) is 10.2 Å². The van der Waals surface area contributed by atoms with E-state index in [0.29, 0.717) is 10.9 Å². The predicted molar refractivity (Wildman–Crippen MR) is 57.2 cm³/mol. The second-order valence-corrected chi connectivity index (χ2v) is 4.99. The largest absolute Gasteiger partial charge is 0.481 e. The molecule has 0 radical (unpaired) electrons. The molecule has 1 aliphatic rings. The molecular formula is C11H10BrFO2. The van der Waals surface area contributed by atoms with E-state index in [2.05, 4.69) is 15.9 Å². The lowest BCUT2D eigenvalue weighted by molar-refractivity contribution is -0.138. The van der Waals surface area contributed by atoms with Gasteiger partial charge in [0.2, 0.25) is 0 Å². The Morgan fingerprint density at radius 3 is 2.80 bits per heavy atom. The number of hydrogen-bond acceptors (Lipinski definition) is 1. The van der Waals surface area contributed by atoms with E-state index < -0.39 is 5.97 Å². The third kappa shape index (κ3) is 1.67. The number of benzene rings is 1. The number of carboxylic acids is 1. The lowest BCUT2D eigenvalue weighted by atomic mass is 9.95. The van der Waals surface area contributed by atoms with Crippen LogP contribution in [0.1, 0.15) is 18.9 Å². The smallest absolute Gasteiger partial charge is 0.307 e. The van der Waals surface area contributed by atoms with E-state index in [4.69, 9.17) is 5.11 Å². The minimum atomic E-state index is -0.784. The van der Waals surface area contributed by atoms with Gasteiger partial charge >= 0.3 is 5.97 Å². The van der Waals surface area contributed by atoms with Gasteiger partial charge in [-0.3, -0.25) is 4.79 Å². The van der Waals surface area contributed by atoms with Gasteiger partial charge in [0.15, 0.2) is 0 Å². The molecule has 0 aromatic heterocycles. The summed E-state index contributed by atoms with van der Waals surface area (Å²) in [4.78, 5) is 10.8. The van der Waals surface area contributed by atoms with Crippen LogP contribution >= 0.6 is 15.9 Å². The minimum absolute atomic E-state index is 0.318. The predicted octanol–water partition coefficient (Wildman–Crippen LogP) is 2.95. The van der Waals surface area contributed by atoms with Crippen molar-refractivity contribution in [2.75, 3.05) is 0 Å². The molecule has 1 aromatic carbocycles. The Morgan fingerprint density at radius 1 is 1.67 bits per heavy atom. The van der Waals surface area contributed by atoms with Crippen LogP contribution in [0.5, 0.6) is 0 Å². The van der Waals surface area contributed by atoms with E-state index in [1.165, 1.54) is 12.1 Å². The van der Waals surface area contributed by atoms with E-state index in [1.807, 2.05) is 6.92 Å². The number of halogens is 2.